The zero-order chi connectivity index (χ0) is 8.27. The van der Waals surface area contributed by atoms with Gasteiger partial charge in [-0.15, -0.1) is 0 Å². The highest BCUT2D eigenvalue weighted by molar-refractivity contribution is 5.92. The fraction of sp³-hybridized carbons (Fsp3) is 0.429. The van der Waals surface area contributed by atoms with Gasteiger partial charge < -0.3 is 10.8 Å². The largest absolute Gasteiger partial charge is 0.481 e. The topological polar surface area (TPSA) is 75.7 Å². The number of carbonyl (C=O) groups is 1. The third-order valence-corrected chi connectivity index (χ3v) is 1.48. The summed E-state index contributed by atoms with van der Waals surface area (Å²) in [5.74, 6) is -0.304. The lowest BCUT2D eigenvalue weighted by Gasteiger charge is -2.10. The fourth-order valence-corrected chi connectivity index (χ4v) is 0.928. The Bertz CT molecular complexity index is 220. The lowest BCUT2D eigenvalue weighted by molar-refractivity contribution is -0.137. The highest BCUT2D eigenvalue weighted by atomic mass is 16.4. The van der Waals surface area contributed by atoms with E-state index in [-0.39, 0.29) is 12.3 Å². The minimum atomic E-state index is -0.796. The van der Waals surface area contributed by atoms with Crippen molar-refractivity contribution in [2.45, 2.75) is 6.42 Å². The van der Waals surface area contributed by atoms with Gasteiger partial charge in [0.25, 0.3) is 0 Å². The highest BCUT2D eigenvalue weighted by Crippen LogP contribution is 2.09. The number of amidine groups is 1. The monoisotopic (exact) mass is 154 g/mol. The molecule has 0 aromatic rings. The first-order valence-corrected chi connectivity index (χ1v) is 3.38. The zero-order valence-electron chi connectivity index (χ0n) is 6.03. The van der Waals surface area contributed by atoms with E-state index in [0.717, 1.165) is 0 Å². The second-order valence-electron chi connectivity index (χ2n) is 2.48. The Morgan fingerprint density at radius 1 is 1.91 bits per heavy atom. The zero-order valence-corrected chi connectivity index (χ0v) is 6.03. The van der Waals surface area contributed by atoms with Gasteiger partial charge in [0, 0.05) is 12.5 Å². The molecule has 0 spiro atoms. The van der Waals surface area contributed by atoms with Gasteiger partial charge in [-0.2, -0.15) is 0 Å². The second kappa shape index (κ2) is 3.18. The third kappa shape index (κ3) is 2.41. The van der Waals surface area contributed by atoms with Crippen LogP contribution in [0.4, 0.5) is 0 Å². The van der Waals surface area contributed by atoms with E-state index in [1.165, 1.54) is 0 Å². The van der Waals surface area contributed by atoms with Crippen molar-refractivity contribution in [3.63, 3.8) is 0 Å². The van der Waals surface area contributed by atoms with Gasteiger partial charge in [-0.25, -0.2) is 0 Å². The van der Waals surface area contributed by atoms with Crippen molar-refractivity contribution in [2.24, 2.45) is 16.6 Å². The SMILES string of the molecule is NC1=NCC(CC(=O)O)C=C1. The Morgan fingerprint density at radius 2 is 2.64 bits per heavy atom. The van der Waals surface area contributed by atoms with Gasteiger partial charge in [-0.3, -0.25) is 9.79 Å². The molecule has 1 unspecified atom stereocenters. The van der Waals surface area contributed by atoms with Gasteiger partial charge >= 0.3 is 5.97 Å². The minimum Gasteiger partial charge on any atom is -0.481 e. The molecular weight excluding hydrogens is 144 g/mol. The number of aliphatic carboxylic acids is 1. The molecule has 0 aromatic heterocycles. The summed E-state index contributed by atoms with van der Waals surface area (Å²) in [5.41, 5.74) is 5.34. The molecule has 0 bridgehead atoms. The van der Waals surface area contributed by atoms with Crippen molar-refractivity contribution >= 4 is 11.8 Å². The van der Waals surface area contributed by atoms with Crippen LogP contribution in [0.2, 0.25) is 0 Å². The van der Waals surface area contributed by atoms with Crippen molar-refractivity contribution in [1.29, 1.82) is 0 Å². The summed E-state index contributed by atoms with van der Waals surface area (Å²) < 4.78 is 0. The Morgan fingerprint density at radius 3 is 3.09 bits per heavy atom. The van der Waals surface area contributed by atoms with Gasteiger partial charge in [0.2, 0.25) is 0 Å². The Labute approximate surface area is 64.4 Å². The average Bonchev–Trinajstić information content (AvgIpc) is 1.93. The quantitative estimate of drug-likeness (QED) is 0.588. The van der Waals surface area contributed by atoms with Crippen LogP contribution in [-0.2, 0) is 4.79 Å². The van der Waals surface area contributed by atoms with Crippen molar-refractivity contribution in [3.05, 3.63) is 12.2 Å². The Hall–Kier alpha value is -1.32. The molecule has 0 amide bonds. The van der Waals surface area contributed by atoms with Gasteiger partial charge in [0.1, 0.15) is 5.84 Å². The number of dihydropyridines is 1. The van der Waals surface area contributed by atoms with Gasteiger partial charge in [0.15, 0.2) is 0 Å². The van der Waals surface area contributed by atoms with E-state index in [1.54, 1.807) is 12.2 Å². The van der Waals surface area contributed by atoms with E-state index in [0.29, 0.717) is 12.4 Å². The second-order valence-corrected chi connectivity index (χ2v) is 2.48. The summed E-state index contributed by atoms with van der Waals surface area (Å²) in [6, 6.07) is 0. The minimum absolute atomic E-state index is 0.0137. The number of carboxylic acids is 1. The van der Waals surface area contributed by atoms with E-state index < -0.39 is 5.97 Å². The maximum atomic E-state index is 10.2. The summed E-state index contributed by atoms with van der Waals surface area (Å²) in [5, 5.41) is 8.42. The van der Waals surface area contributed by atoms with Crippen LogP contribution in [0.5, 0.6) is 0 Å². The van der Waals surface area contributed by atoms with E-state index in [9.17, 15) is 4.79 Å². The summed E-state index contributed by atoms with van der Waals surface area (Å²) in [7, 11) is 0. The lowest BCUT2D eigenvalue weighted by atomic mass is 10.0. The van der Waals surface area contributed by atoms with Crippen LogP contribution in [-0.4, -0.2) is 23.5 Å². The Kier molecular flexibility index (Phi) is 2.25. The van der Waals surface area contributed by atoms with Gasteiger partial charge in [0.05, 0.1) is 6.42 Å². The summed E-state index contributed by atoms with van der Waals surface area (Å²) in [6.07, 6.45) is 3.57. The molecule has 0 fully saturated rings. The average molecular weight is 154 g/mol. The van der Waals surface area contributed by atoms with E-state index in [4.69, 9.17) is 10.8 Å². The highest BCUT2D eigenvalue weighted by Gasteiger charge is 2.11. The molecule has 4 heteroatoms. The number of rotatable bonds is 2. The number of hydrogen-bond acceptors (Lipinski definition) is 3. The molecule has 0 aliphatic carbocycles. The first-order valence-electron chi connectivity index (χ1n) is 3.38. The molecule has 3 N–H and O–H groups in total. The van der Waals surface area contributed by atoms with Crippen LogP contribution >= 0.6 is 0 Å². The Balaban J connectivity index is 2.43. The molecule has 1 aliphatic rings. The van der Waals surface area contributed by atoms with Gasteiger partial charge in [-0.05, 0) is 6.08 Å². The van der Waals surface area contributed by atoms with Crippen LogP contribution in [0.1, 0.15) is 6.42 Å². The van der Waals surface area contributed by atoms with Crippen LogP contribution in [0.3, 0.4) is 0 Å². The molecule has 1 heterocycles. The number of nitrogens with two attached hydrogens (primary N) is 1. The fourth-order valence-electron chi connectivity index (χ4n) is 0.928. The van der Waals surface area contributed by atoms with E-state index in [1.807, 2.05) is 0 Å². The molecule has 4 nitrogen and oxygen atoms in total. The molecular formula is C7H10N2O2. The van der Waals surface area contributed by atoms with Crippen molar-refractivity contribution in [1.82, 2.24) is 0 Å². The van der Waals surface area contributed by atoms with Crippen molar-refractivity contribution in [3.8, 4) is 0 Å². The molecule has 60 valence electrons. The molecule has 11 heavy (non-hydrogen) atoms. The summed E-state index contributed by atoms with van der Waals surface area (Å²) in [6.45, 7) is 0.495. The molecule has 1 atom stereocenters. The molecule has 0 saturated heterocycles. The maximum Gasteiger partial charge on any atom is 0.304 e. The standard InChI is InChI=1S/C7H10N2O2/c8-6-2-1-5(4-9-6)3-7(10)11/h1-2,5H,3-4H2,(H2,8,9)(H,10,11). The van der Waals surface area contributed by atoms with E-state index >= 15 is 0 Å². The normalized spacial score (nSPS) is 22.9. The molecule has 0 radical (unpaired) electrons. The molecule has 1 rings (SSSR count). The maximum absolute atomic E-state index is 10.2. The summed E-state index contributed by atoms with van der Waals surface area (Å²) >= 11 is 0. The lowest BCUT2D eigenvalue weighted by Crippen LogP contribution is -2.18. The third-order valence-electron chi connectivity index (χ3n) is 1.48. The summed E-state index contributed by atoms with van der Waals surface area (Å²) in [4.78, 5) is 14.1. The van der Waals surface area contributed by atoms with Crippen LogP contribution in [0, 0.1) is 5.92 Å². The van der Waals surface area contributed by atoms with Crippen molar-refractivity contribution in [2.75, 3.05) is 6.54 Å². The molecule has 0 aromatic carbocycles. The predicted octanol–water partition coefficient (Wildman–Crippen LogP) is 0.00430. The van der Waals surface area contributed by atoms with Gasteiger partial charge in [-0.1, -0.05) is 6.08 Å². The first kappa shape index (κ1) is 7.78. The van der Waals surface area contributed by atoms with Crippen LogP contribution < -0.4 is 5.73 Å². The van der Waals surface area contributed by atoms with E-state index in [2.05, 4.69) is 4.99 Å². The molecule has 1 aliphatic heterocycles. The van der Waals surface area contributed by atoms with Crippen LogP contribution in [0.25, 0.3) is 0 Å². The number of nitrogens with zero attached hydrogens (tertiary/aromatic N) is 1. The smallest absolute Gasteiger partial charge is 0.304 e. The predicted molar refractivity (Wildman–Crippen MR) is 41.4 cm³/mol. The number of hydrogen-bond donors (Lipinski definition) is 2. The first-order chi connectivity index (χ1) is 5.18. The van der Waals surface area contributed by atoms with Crippen molar-refractivity contribution < 1.29 is 9.90 Å². The number of carboxylic acid groups (broad SMARTS) is 1. The number of aliphatic imine (C=N–C) groups is 1. The molecule has 0 saturated carbocycles. The van der Waals surface area contributed by atoms with Crippen LogP contribution in [0.15, 0.2) is 17.1 Å².